The van der Waals surface area contributed by atoms with Gasteiger partial charge in [0.2, 0.25) is 11.8 Å². The molecule has 0 aromatic heterocycles. The highest BCUT2D eigenvalue weighted by molar-refractivity contribution is 5.86. The highest BCUT2D eigenvalue weighted by atomic mass is 19.1. The van der Waals surface area contributed by atoms with E-state index in [4.69, 9.17) is 0 Å². The molecule has 5 nitrogen and oxygen atoms in total. The number of carbonyl (C=O) groups excluding carboxylic acids is 2. The molecule has 1 unspecified atom stereocenters. The van der Waals surface area contributed by atoms with Crippen LogP contribution in [0.4, 0.5) is 4.39 Å². The summed E-state index contributed by atoms with van der Waals surface area (Å²) in [4.78, 5) is 22.7. The van der Waals surface area contributed by atoms with E-state index >= 15 is 0 Å². The van der Waals surface area contributed by atoms with Gasteiger partial charge in [0.05, 0.1) is 6.54 Å². The quantitative estimate of drug-likeness (QED) is 0.692. The van der Waals surface area contributed by atoms with Crippen molar-refractivity contribution in [3.05, 3.63) is 35.6 Å². The maximum absolute atomic E-state index is 12.9. The van der Waals surface area contributed by atoms with Crippen molar-refractivity contribution in [3.8, 4) is 0 Å². The molecule has 3 N–H and O–H groups in total. The van der Waals surface area contributed by atoms with Gasteiger partial charge in [-0.3, -0.25) is 14.9 Å². The van der Waals surface area contributed by atoms with E-state index in [1.165, 1.54) is 12.1 Å². The molecule has 1 aliphatic rings. The van der Waals surface area contributed by atoms with Gasteiger partial charge in [-0.25, -0.2) is 4.39 Å². The zero-order valence-corrected chi connectivity index (χ0v) is 10.4. The molecule has 0 saturated carbocycles. The maximum Gasteiger partial charge on any atom is 0.238 e. The predicted octanol–water partition coefficient (Wildman–Crippen LogP) is -0.428. The molecule has 1 atom stereocenters. The van der Waals surface area contributed by atoms with E-state index in [1.807, 2.05) is 6.07 Å². The van der Waals surface area contributed by atoms with E-state index < -0.39 is 6.04 Å². The molecule has 0 bridgehead atoms. The molecule has 1 aromatic carbocycles. The van der Waals surface area contributed by atoms with Gasteiger partial charge in [-0.1, -0.05) is 12.1 Å². The second-order valence-corrected chi connectivity index (χ2v) is 4.41. The Kier molecular flexibility index (Phi) is 4.46. The van der Waals surface area contributed by atoms with Crippen molar-refractivity contribution in [1.82, 2.24) is 16.0 Å². The Morgan fingerprint density at radius 1 is 1.47 bits per heavy atom. The average Bonchev–Trinajstić information content (AvgIpc) is 2.39. The third-order valence-electron chi connectivity index (χ3n) is 2.93. The number of hydrogen-bond donors (Lipinski definition) is 3. The van der Waals surface area contributed by atoms with Gasteiger partial charge in [0.25, 0.3) is 0 Å². The lowest BCUT2D eigenvalue weighted by Gasteiger charge is -2.23. The summed E-state index contributed by atoms with van der Waals surface area (Å²) in [5.74, 6) is -0.541. The van der Waals surface area contributed by atoms with Crippen molar-refractivity contribution < 1.29 is 14.0 Å². The van der Waals surface area contributed by atoms with E-state index in [-0.39, 0.29) is 24.2 Å². The Balaban J connectivity index is 1.73. The van der Waals surface area contributed by atoms with E-state index in [2.05, 4.69) is 16.0 Å². The number of carbonyl (C=O) groups is 2. The summed E-state index contributed by atoms with van der Waals surface area (Å²) in [7, 11) is 0. The Bertz CT molecular complexity index is 469. The first-order valence-electron chi connectivity index (χ1n) is 6.17. The first-order chi connectivity index (χ1) is 9.15. The van der Waals surface area contributed by atoms with Crippen LogP contribution in [0.2, 0.25) is 0 Å². The highest BCUT2D eigenvalue weighted by Gasteiger charge is 2.22. The van der Waals surface area contributed by atoms with Crippen LogP contribution in [0.5, 0.6) is 0 Å². The van der Waals surface area contributed by atoms with E-state index in [0.29, 0.717) is 19.5 Å². The van der Waals surface area contributed by atoms with Crippen molar-refractivity contribution in [1.29, 1.82) is 0 Å². The molecule has 6 heteroatoms. The largest absolute Gasteiger partial charge is 0.354 e. The molecule has 1 fully saturated rings. The van der Waals surface area contributed by atoms with Crippen molar-refractivity contribution >= 4 is 11.8 Å². The fourth-order valence-electron chi connectivity index (χ4n) is 1.90. The van der Waals surface area contributed by atoms with Gasteiger partial charge in [-0.2, -0.15) is 0 Å². The summed E-state index contributed by atoms with van der Waals surface area (Å²) >= 11 is 0. The predicted molar refractivity (Wildman–Crippen MR) is 67.9 cm³/mol. The normalized spacial score (nSPS) is 18.8. The molecular weight excluding hydrogens is 249 g/mol. The molecule has 2 rings (SSSR count). The topological polar surface area (TPSA) is 70.2 Å². The van der Waals surface area contributed by atoms with Crippen LogP contribution in [-0.4, -0.2) is 37.5 Å². The summed E-state index contributed by atoms with van der Waals surface area (Å²) < 4.78 is 12.9. The molecule has 0 spiro atoms. The van der Waals surface area contributed by atoms with Gasteiger partial charge < -0.3 is 10.6 Å². The molecule has 1 aliphatic heterocycles. The SMILES string of the molecule is O=C1CNC(C(=O)NCCc2cccc(F)c2)CN1. The highest BCUT2D eigenvalue weighted by Crippen LogP contribution is 2.03. The first kappa shape index (κ1) is 13.5. The van der Waals surface area contributed by atoms with Gasteiger partial charge >= 0.3 is 0 Å². The molecule has 19 heavy (non-hydrogen) atoms. The summed E-state index contributed by atoms with van der Waals surface area (Å²) in [6.45, 7) is 0.890. The zero-order chi connectivity index (χ0) is 13.7. The minimum atomic E-state index is -0.398. The molecule has 1 aromatic rings. The third kappa shape index (κ3) is 4.03. The molecule has 0 aliphatic carbocycles. The summed E-state index contributed by atoms with van der Waals surface area (Å²) in [5, 5.41) is 8.22. The van der Waals surface area contributed by atoms with E-state index in [9.17, 15) is 14.0 Å². The van der Waals surface area contributed by atoms with Gasteiger partial charge in [-0.05, 0) is 24.1 Å². The lowest BCUT2D eigenvalue weighted by atomic mass is 10.1. The standard InChI is InChI=1S/C13H16FN3O2/c14-10-3-1-2-9(6-10)4-5-15-13(19)11-7-17-12(18)8-16-11/h1-3,6,11,16H,4-5,7-8H2,(H,15,19)(H,17,18). The van der Waals surface area contributed by atoms with Crippen LogP contribution in [0.1, 0.15) is 5.56 Å². The monoisotopic (exact) mass is 265 g/mol. The number of nitrogens with one attached hydrogen (secondary N) is 3. The lowest BCUT2D eigenvalue weighted by molar-refractivity contribution is -0.126. The molecule has 1 saturated heterocycles. The summed E-state index contributed by atoms with van der Waals surface area (Å²) in [6.07, 6.45) is 0.572. The summed E-state index contributed by atoms with van der Waals surface area (Å²) in [6, 6.07) is 5.89. The van der Waals surface area contributed by atoms with Crippen molar-refractivity contribution in [2.24, 2.45) is 0 Å². The minimum absolute atomic E-state index is 0.108. The number of piperazine rings is 1. The number of halogens is 1. The molecule has 102 valence electrons. The first-order valence-corrected chi connectivity index (χ1v) is 6.17. The van der Waals surface area contributed by atoms with Crippen LogP contribution in [-0.2, 0) is 16.0 Å². The minimum Gasteiger partial charge on any atom is -0.354 e. The summed E-state index contributed by atoms with van der Waals surface area (Å²) in [5.41, 5.74) is 0.838. The smallest absolute Gasteiger partial charge is 0.238 e. The second-order valence-electron chi connectivity index (χ2n) is 4.41. The van der Waals surface area contributed by atoms with Crippen LogP contribution in [0.25, 0.3) is 0 Å². The van der Waals surface area contributed by atoms with Crippen LogP contribution in [0, 0.1) is 5.82 Å². The molecule has 1 heterocycles. The van der Waals surface area contributed by atoms with Gasteiger partial charge in [0, 0.05) is 13.1 Å². The third-order valence-corrected chi connectivity index (χ3v) is 2.93. The van der Waals surface area contributed by atoms with E-state index in [0.717, 1.165) is 5.56 Å². The van der Waals surface area contributed by atoms with Crippen LogP contribution < -0.4 is 16.0 Å². The van der Waals surface area contributed by atoms with Crippen LogP contribution >= 0.6 is 0 Å². The van der Waals surface area contributed by atoms with Gasteiger partial charge in [-0.15, -0.1) is 0 Å². The van der Waals surface area contributed by atoms with E-state index in [1.54, 1.807) is 6.07 Å². The van der Waals surface area contributed by atoms with Gasteiger partial charge in [0.1, 0.15) is 11.9 Å². The fraction of sp³-hybridized carbons (Fsp3) is 0.385. The molecule has 0 radical (unpaired) electrons. The van der Waals surface area contributed by atoms with Crippen molar-refractivity contribution in [2.45, 2.75) is 12.5 Å². The van der Waals surface area contributed by atoms with Crippen molar-refractivity contribution in [2.75, 3.05) is 19.6 Å². The number of rotatable bonds is 4. The number of amides is 2. The zero-order valence-electron chi connectivity index (χ0n) is 10.4. The Hall–Kier alpha value is -1.95. The number of hydrogen-bond acceptors (Lipinski definition) is 3. The molecule has 2 amide bonds. The number of benzene rings is 1. The van der Waals surface area contributed by atoms with Crippen molar-refractivity contribution in [3.63, 3.8) is 0 Å². The average molecular weight is 265 g/mol. The Morgan fingerprint density at radius 3 is 3.00 bits per heavy atom. The maximum atomic E-state index is 12.9. The lowest BCUT2D eigenvalue weighted by Crippen LogP contribution is -2.58. The van der Waals surface area contributed by atoms with Gasteiger partial charge in [0.15, 0.2) is 0 Å². The Morgan fingerprint density at radius 2 is 2.32 bits per heavy atom. The molecular formula is C13H16FN3O2. The fourth-order valence-corrected chi connectivity index (χ4v) is 1.90. The van der Waals surface area contributed by atoms with Crippen LogP contribution in [0.3, 0.4) is 0 Å². The van der Waals surface area contributed by atoms with Crippen LogP contribution in [0.15, 0.2) is 24.3 Å². The second kappa shape index (κ2) is 6.29. The Labute approximate surface area is 110 Å².